The fraction of sp³-hybridized carbons (Fsp3) is 0.833. The van der Waals surface area contributed by atoms with E-state index in [0.717, 1.165) is 12.0 Å². The van der Waals surface area contributed by atoms with Crippen LogP contribution >= 0.6 is 0 Å². The Kier molecular flexibility index (Phi) is 3.05. The standard InChI is InChI=1S/C12H21N/c1-2-11-5-7-12(8-6-11)13-9-3-4-10-13/h3-4,11-12H,2,5-10H2,1H3. The maximum absolute atomic E-state index is 2.63. The van der Waals surface area contributed by atoms with Crippen LogP contribution in [0.15, 0.2) is 12.2 Å². The highest BCUT2D eigenvalue weighted by Crippen LogP contribution is 2.29. The zero-order valence-corrected chi connectivity index (χ0v) is 8.71. The van der Waals surface area contributed by atoms with E-state index < -0.39 is 0 Å². The van der Waals surface area contributed by atoms with Gasteiger partial charge in [0, 0.05) is 19.1 Å². The maximum atomic E-state index is 2.63. The van der Waals surface area contributed by atoms with Crippen LogP contribution in [0.1, 0.15) is 39.0 Å². The van der Waals surface area contributed by atoms with E-state index in [9.17, 15) is 0 Å². The summed E-state index contributed by atoms with van der Waals surface area (Å²) in [7, 11) is 0. The smallest absolute Gasteiger partial charge is 0.0169 e. The highest BCUT2D eigenvalue weighted by Gasteiger charge is 2.24. The number of hydrogen-bond donors (Lipinski definition) is 0. The van der Waals surface area contributed by atoms with Gasteiger partial charge in [-0.3, -0.25) is 4.90 Å². The van der Waals surface area contributed by atoms with E-state index in [1.165, 1.54) is 45.2 Å². The summed E-state index contributed by atoms with van der Waals surface area (Å²) >= 11 is 0. The summed E-state index contributed by atoms with van der Waals surface area (Å²) in [4.78, 5) is 2.63. The Morgan fingerprint density at radius 3 is 2.23 bits per heavy atom. The van der Waals surface area contributed by atoms with E-state index in [4.69, 9.17) is 0 Å². The molecule has 0 amide bonds. The Morgan fingerprint density at radius 1 is 1.08 bits per heavy atom. The van der Waals surface area contributed by atoms with Gasteiger partial charge in [0.05, 0.1) is 0 Å². The molecule has 0 radical (unpaired) electrons. The summed E-state index contributed by atoms with van der Waals surface area (Å²) < 4.78 is 0. The van der Waals surface area contributed by atoms with Gasteiger partial charge in [0.15, 0.2) is 0 Å². The molecular formula is C12H21N. The van der Waals surface area contributed by atoms with Crippen molar-refractivity contribution >= 4 is 0 Å². The van der Waals surface area contributed by atoms with Crippen LogP contribution in [-0.2, 0) is 0 Å². The van der Waals surface area contributed by atoms with E-state index in [1.54, 1.807) is 0 Å². The number of nitrogens with zero attached hydrogens (tertiary/aromatic N) is 1. The van der Waals surface area contributed by atoms with E-state index in [2.05, 4.69) is 24.0 Å². The average molecular weight is 179 g/mol. The third kappa shape index (κ3) is 2.14. The van der Waals surface area contributed by atoms with Crippen molar-refractivity contribution in [2.45, 2.75) is 45.1 Å². The van der Waals surface area contributed by atoms with Crippen molar-refractivity contribution in [3.8, 4) is 0 Å². The molecule has 0 unspecified atom stereocenters. The predicted molar refractivity (Wildman–Crippen MR) is 56.8 cm³/mol. The molecule has 1 heterocycles. The van der Waals surface area contributed by atoms with Crippen LogP contribution in [0.3, 0.4) is 0 Å². The van der Waals surface area contributed by atoms with Crippen molar-refractivity contribution < 1.29 is 0 Å². The zero-order valence-electron chi connectivity index (χ0n) is 8.71. The van der Waals surface area contributed by atoms with Gasteiger partial charge in [0.25, 0.3) is 0 Å². The van der Waals surface area contributed by atoms with Gasteiger partial charge >= 0.3 is 0 Å². The topological polar surface area (TPSA) is 3.24 Å². The fourth-order valence-electron chi connectivity index (χ4n) is 2.71. The highest BCUT2D eigenvalue weighted by atomic mass is 15.2. The SMILES string of the molecule is CCC1CCC(N2CC=CC2)CC1. The summed E-state index contributed by atoms with van der Waals surface area (Å²) in [5.74, 6) is 1.03. The Labute approximate surface area is 81.8 Å². The van der Waals surface area contributed by atoms with E-state index in [-0.39, 0.29) is 0 Å². The van der Waals surface area contributed by atoms with Crippen LogP contribution in [0.2, 0.25) is 0 Å². The Hall–Kier alpha value is -0.300. The van der Waals surface area contributed by atoms with E-state index >= 15 is 0 Å². The van der Waals surface area contributed by atoms with Crippen LogP contribution < -0.4 is 0 Å². The van der Waals surface area contributed by atoms with Crippen molar-refractivity contribution in [1.82, 2.24) is 4.90 Å². The molecule has 0 bridgehead atoms. The summed E-state index contributed by atoms with van der Waals surface area (Å²) in [6.07, 6.45) is 11.8. The van der Waals surface area contributed by atoms with Gasteiger partial charge in [-0.25, -0.2) is 0 Å². The lowest BCUT2D eigenvalue weighted by molar-refractivity contribution is 0.168. The molecule has 13 heavy (non-hydrogen) atoms. The van der Waals surface area contributed by atoms with Gasteiger partial charge in [0.1, 0.15) is 0 Å². The van der Waals surface area contributed by atoms with Crippen LogP contribution in [0, 0.1) is 5.92 Å². The minimum absolute atomic E-state index is 0.901. The molecule has 1 nitrogen and oxygen atoms in total. The molecule has 2 rings (SSSR count). The molecule has 0 atom stereocenters. The average Bonchev–Trinajstić information content (AvgIpc) is 2.71. The lowest BCUT2D eigenvalue weighted by Crippen LogP contribution is -2.36. The molecule has 1 aliphatic carbocycles. The zero-order chi connectivity index (χ0) is 9.10. The quantitative estimate of drug-likeness (QED) is 0.589. The molecule has 0 spiro atoms. The largest absolute Gasteiger partial charge is 0.293 e. The van der Waals surface area contributed by atoms with Crippen molar-refractivity contribution in [1.29, 1.82) is 0 Å². The molecule has 0 aromatic carbocycles. The van der Waals surface area contributed by atoms with Crippen molar-refractivity contribution in [3.63, 3.8) is 0 Å². The van der Waals surface area contributed by atoms with Gasteiger partial charge in [0.2, 0.25) is 0 Å². The predicted octanol–water partition coefficient (Wildman–Crippen LogP) is 2.83. The Morgan fingerprint density at radius 2 is 1.69 bits per heavy atom. The molecular weight excluding hydrogens is 158 g/mol. The molecule has 0 N–H and O–H groups in total. The first-order valence-electron chi connectivity index (χ1n) is 5.79. The molecule has 0 aromatic rings. The fourth-order valence-corrected chi connectivity index (χ4v) is 2.71. The molecule has 0 aromatic heterocycles. The summed E-state index contributed by atoms with van der Waals surface area (Å²) in [5.41, 5.74) is 0. The minimum Gasteiger partial charge on any atom is -0.293 e. The van der Waals surface area contributed by atoms with E-state index in [1.807, 2.05) is 0 Å². The van der Waals surface area contributed by atoms with Crippen LogP contribution in [0.5, 0.6) is 0 Å². The van der Waals surface area contributed by atoms with Crippen LogP contribution in [0.25, 0.3) is 0 Å². The summed E-state index contributed by atoms with van der Waals surface area (Å²) in [6, 6.07) is 0.901. The summed E-state index contributed by atoms with van der Waals surface area (Å²) in [5, 5.41) is 0. The molecule has 74 valence electrons. The lowest BCUT2D eigenvalue weighted by Gasteiger charge is -2.34. The van der Waals surface area contributed by atoms with Crippen LogP contribution in [0.4, 0.5) is 0 Å². The van der Waals surface area contributed by atoms with Crippen molar-refractivity contribution in [2.75, 3.05) is 13.1 Å². The monoisotopic (exact) mass is 179 g/mol. The second kappa shape index (κ2) is 4.28. The van der Waals surface area contributed by atoms with Crippen LogP contribution in [-0.4, -0.2) is 24.0 Å². The highest BCUT2D eigenvalue weighted by molar-refractivity contribution is 4.98. The normalized spacial score (nSPS) is 35.5. The molecule has 1 heteroatoms. The third-order valence-corrected chi connectivity index (χ3v) is 3.76. The van der Waals surface area contributed by atoms with Gasteiger partial charge in [-0.15, -0.1) is 0 Å². The minimum atomic E-state index is 0.901. The maximum Gasteiger partial charge on any atom is 0.0169 e. The molecule has 1 saturated carbocycles. The second-order valence-electron chi connectivity index (χ2n) is 4.51. The third-order valence-electron chi connectivity index (χ3n) is 3.76. The first-order valence-corrected chi connectivity index (χ1v) is 5.79. The molecule has 2 aliphatic rings. The molecule has 1 aliphatic heterocycles. The second-order valence-corrected chi connectivity index (χ2v) is 4.51. The van der Waals surface area contributed by atoms with E-state index in [0.29, 0.717) is 0 Å². The number of hydrogen-bond acceptors (Lipinski definition) is 1. The van der Waals surface area contributed by atoms with Crippen molar-refractivity contribution in [2.24, 2.45) is 5.92 Å². The first-order chi connectivity index (χ1) is 6.40. The van der Waals surface area contributed by atoms with Crippen molar-refractivity contribution in [3.05, 3.63) is 12.2 Å². The van der Waals surface area contributed by atoms with Gasteiger partial charge in [-0.2, -0.15) is 0 Å². The first kappa shape index (κ1) is 9.26. The van der Waals surface area contributed by atoms with Gasteiger partial charge < -0.3 is 0 Å². The molecule has 0 saturated heterocycles. The summed E-state index contributed by atoms with van der Waals surface area (Å²) in [6.45, 7) is 4.76. The Balaban J connectivity index is 1.77. The van der Waals surface area contributed by atoms with Gasteiger partial charge in [-0.1, -0.05) is 25.5 Å². The number of rotatable bonds is 2. The lowest BCUT2D eigenvalue weighted by atomic mass is 9.84. The van der Waals surface area contributed by atoms with Gasteiger partial charge in [-0.05, 0) is 31.6 Å². The molecule has 1 fully saturated rings. The Bertz CT molecular complexity index is 170.